The predicted molar refractivity (Wildman–Crippen MR) is 112 cm³/mol. The minimum absolute atomic E-state index is 0.0833. The van der Waals surface area contributed by atoms with Gasteiger partial charge in [-0.2, -0.15) is 5.10 Å². The number of benzene rings is 2. The molecule has 2 aliphatic rings. The molecule has 2 aliphatic heterocycles. The summed E-state index contributed by atoms with van der Waals surface area (Å²) in [4.78, 5) is 14.2. The summed E-state index contributed by atoms with van der Waals surface area (Å²) < 4.78 is 34.0. The molecule has 0 spiro atoms. The van der Waals surface area contributed by atoms with Crippen molar-refractivity contribution in [1.29, 1.82) is 0 Å². The lowest BCUT2D eigenvalue weighted by molar-refractivity contribution is 0.0342. The Morgan fingerprint density at radius 3 is 2.65 bits per heavy atom. The molecule has 0 amide bonds. The molecule has 160 valence electrons. The molecular formula is C22H20FN3O4S. The molecule has 2 aromatic carbocycles. The fraction of sp³-hybridized carbons (Fsp3) is 0.273. The largest absolute Gasteiger partial charge is 0.611 e. The van der Waals surface area contributed by atoms with Crippen LogP contribution in [0.1, 0.15) is 21.6 Å². The highest BCUT2D eigenvalue weighted by molar-refractivity contribution is 7.90. The molecule has 31 heavy (non-hydrogen) atoms. The summed E-state index contributed by atoms with van der Waals surface area (Å²) in [5, 5.41) is 14.0. The van der Waals surface area contributed by atoms with Gasteiger partial charge in [0.25, 0.3) is 0 Å². The zero-order chi connectivity index (χ0) is 21.5. The average molecular weight is 441 g/mol. The predicted octanol–water partition coefficient (Wildman–Crippen LogP) is 2.83. The number of ether oxygens (including phenoxy) is 1. The van der Waals surface area contributed by atoms with Crippen molar-refractivity contribution in [3.8, 4) is 16.9 Å². The second-order valence-corrected chi connectivity index (χ2v) is 8.94. The maximum atomic E-state index is 14.4. The number of morpholine rings is 1. The Balaban J connectivity index is 1.56. The third-order valence-electron chi connectivity index (χ3n) is 5.60. The summed E-state index contributed by atoms with van der Waals surface area (Å²) in [6.07, 6.45) is 0. The second kappa shape index (κ2) is 8.08. The molecule has 0 saturated carbocycles. The van der Waals surface area contributed by atoms with Crippen LogP contribution in [0.15, 0.2) is 47.4 Å². The van der Waals surface area contributed by atoms with Gasteiger partial charge in [-0.05, 0) is 41.0 Å². The van der Waals surface area contributed by atoms with E-state index >= 15 is 0 Å². The molecule has 1 fully saturated rings. The van der Waals surface area contributed by atoms with E-state index in [1.165, 1.54) is 16.8 Å². The normalized spacial score (nSPS) is 18.5. The summed E-state index contributed by atoms with van der Waals surface area (Å²) in [6.45, 7) is 4.03. The number of fused-ring (bicyclic) bond motifs is 3. The van der Waals surface area contributed by atoms with Crippen LogP contribution in [-0.4, -0.2) is 56.6 Å². The molecule has 0 aliphatic carbocycles. The van der Waals surface area contributed by atoms with Gasteiger partial charge in [0.1, 0.15) is 5.75 Å². The number of hydrogen-bond acceptors (Lipinski definition) is 5. The van der Waals surface area contributed by atoms with E-state index < -0.39 is 23.0 Å². The third kappa shape index (κ3) is 3.63. The number of halogens is 1. The summed E-state index contributed by atoms with van der Waals surface area (Å²) in [7, 11) is 0. The van der Waals surface area contributed by atoms with E-state index in [1.54, 1.807) is 6.07 Å². The van der Waals surface area contributed by atoms with Crippen LogP contribution in [0, 0.1) is 5.82 Å². The van der Waals surface area contributed by atoms with Crippen molar-refractivity contribution in [2.75, 3.05) is 26.3 Å². The molecule has 1 atom stereocenters. The van der Waals surface area contributed by atoms with E-state index in [9.17, 15) is 18.8 Å². The molecule has 0 radical (unpaired) electrons. The van der Waals surface area contributed by atoms with Gasteiger partial charge < -0.3 is 14.4 Å². The van der Waals surface area contributed by atoms with Gasteiger partial charge in [-0.25, -0.2) is 13.9 Å². The molecule has 0 bridgehead atoms. The molecule has 5 rings (SSSR count). The van der Waals surface area contributed by atoms with Crippen LogP contribution in [0.25, 0.3) is 16.9 Å². The van der Waals surface area contributed by atoms with Crippen LogP contribution in [0.3, 0.4) is 0 Å². The number of aromatic nitrogens is 2. The van der Waals surface area contributed by atoms with Crippen LogP contribution < -0.4 is 0 Å². The van der Waals surface area contributed by atoms with Crippen LogP contribution in [0.5, 0.6) is 0 Å². The topological polar surface area (TPSA) is 90.7 Å². The lowest BCUT2D eigenvalue weighted by atomic mass is 10.1. The van der Waals surface area contributed by atoms with Gasteiger partial charge in [0, 0.05) is 19.6 Å². The Hall–Kier alpha value is -2.72. The van der Waals surface area contributed by atoms with Crippen molar-refractivity contribution in [2.45, 2.75) is 17.2 Å². The summed E-state index contributed by atoms with van der Waals surface area (Å²) >= 11 is -1.67. The first-order chi connectivity index (χ1) is 15.0. The summed E-state index contributed by atoms with van der Waals surface area (Å²) in [5.41, 5.74) is 2.89. The van der Waals surface area contributed by atoms with Crippen molar-refractivity contribution in [3.05, 3.63) is 65.1 Å². The van der Waals surface area contributed by atoms with Crippen molar-refractivity contribution >= 4 is 17.1 Å². The molecule has 1 saturated heterocycles. The molecule has 1 unspecified atom stereocenters. The molecule has 3 heterocycles. The van der Waals surface area contributed by atoms with Gasteiger partial charge in [0.05, 0.1) is 35.7 Å². The van der Waals surface area contributed by atoms with Crippen molar-refractivity contribution in [2.24, 2.45) is 0 Å². The van der Waals surface area contributed by atoms with Crippen molar-refractivity contribution < 1.29 is 23.6 Å². The van der Waals surface area contributed by atoms with Crippen LogP contribution in [0.2, 0.25) is 0 Å². The average Bonchev–Trinajstić information content (AvgIpc) is 3.15. The lowest BCUT2D eigenvalue weighted by Gasteiger charge is -2.26. The monoisotopic (exact) mass is 441 g/mol. The van der Waals surface area contributed by atoms with Crippen LogP contribution >= 0.6 is 0 Å². The molecule has 9 heteroatoms. The minimum Gasteiger partial charge on any atom is -0.611 e. The first-order valence-corrected chi connectivity index (χ1v) is 11.3. The number of aromatic carboxylic acids is 1. The van der Waals surface area contributed by atoms with E-state index in [1.807, 2.05) is 24.3 Å². The van der Waals surface area contributed by atoms with Crippen molar-refractivity contribution in [3.63, 3.8) is 0 Å². The fourth-order valence-corrected chi connectivity index (χ4v) is 5.49. The third-order valence-corrected chi connectivity index (χ3v) is 7.02. The van der Waals surface area contributed by atoms with Gasteiger partial charge in [-0.3, -0.25) is 4.90 Å². The highest BCUT2D eigenvalue weighted by Gasteiger charge is 2.37. The van der Waals surface area contributed by atoms with Crippen LogP contribution in [-0.2, 0) is 28.2 Å². The Morgan fingerprint density at radius 2 is 1.94 bits per heavy atom. The quantitative estimate of drug-likeness (QED) is 0.626. The number of hydrogen-bond donors (Lipinski definition) is 1. The van der Waals surface area contributed by atoms with Crippen LogP contribution in [0.4, 0.5) is 4.39 Å². The smallest absolute Gasteiger partial charge is 0.356 e. The van der Waals surface area contributed by atoms with Gasteiger partial charge in [-0.15, -0.1) is 0 Å². The molecule has 1 N–H and O–H groups in total. The summed E-state index contributed by atoms with van der Waals surface area (Å²) in [6, 6.07) is 12.2. The Kier molecular flexibility index (Phi) is 5.27. The Bertz CT molecular complexity index is 1140. The van der Waals surface area contributed by atoms with Crippen molar-refractivity contribution in [1.82, 2.24) is 14.7 Å². The number of carboxylic acid groups (broad SMARTS) is 1. The Morgan fingerprint density at radius 1 is 1.19 bits per heavy atom. The minimum atomic E-state index is -1.67. The zero-order valence-electron chi connectivity index (χ0n) is 16.6. The van der Waals surface area contributed by atoms with E-state index in [-0.39, 0.29) is 16.3 Å². The first-order valence-electron chi connectivity index (χ1n) is 9.95. The maximum absolute atomic E-state index is 14.4. The van der Waals surface area contributed by atoms with Gasteiger partial charge >= 0.3 is 5.97 Å². The molecule has 1 aromatic heterocycles. The first kappa shape index (κ1) is 20.2. The van der Waals surface area contributed by atoms with Gasteiger partial charge in [-0.1, -0.05) is 18.2 Å². The van der Waals surface area contributed by atoms with E-state index in [0.29, 0.717) is 22.5 Å². The number of carboxylic acids is 1. The van der Waals surface area contributed by atoms with Gasteiger partial charge in [0.15, 0.2) is 16.4 Å². The van der Waals surface area contributed by atoms with E-state index in [0.717, 1.165) is 38.4 Å². The lowest BCUT2D eigenvalue weighted by Crippen LogP contribution is -2.35. The van der Waals surface area contributed by atoms with E-state index in [4.69, 9.17) is 4.74 Å². The van der Waals surface area contributed by atoms with Gasteiger partial charge in [0.2, 0.25) is 0 Å². The number of carbonyl (C=O) groups is 1. The second-order valence-electron chi connectivity index (χ2n) is 7.55. The molecule has 7 nitrogen and oxygen atoms in total. The standard InChI is InChI=1S/C22H20FN3O4S/c23-18-3-1-2-16-20-17(13-31(29)21(16)18)19(22(27)28)24-26(20)15-6-4-14(5-7-15)12-25-8-10-30-11-9-25/h1-7H,8-13H2,(H,27,28). The molecule has 3 aromatic rings. The Labute approximate surface area is 181 Å². The highest BCUT2D eigenvalue weighted by Crippen LogP contribution is 2.41. The highest BCUT2D eigenvalue weighted by atomic mass is 32.2. The van der Waals surface area contributed by atoms with E-state index in [2.05, 4.69) is 10.00 Å². The number of rotatable bonds is 4. The maximum Gasteiger partial charge on any atom is 0.356 e. The molecular weight excluding hydrogens is 421 g/mol. The SMILES string of the molecule is O=C(O)c1nn(-c2ccc(CN3CCOCC3)cc2)c2c1C[S+]([O-])c1c(F)cccc1-2. The fourth-order valence-electron chi connectivity index (χ4n) is 4.11. The zero-order valence-corrected chi connectivity index (χ0v) is 17.4. The summed E-state index contributed by atoms with van der Waals surface area (Å²) in [5.74, 6) is -1.84. The number of nitrogens with zero attached hydrogens (tertiary/aromatic N) is 3.